The van der Waals surface area contributed by atoms with Crippen LogP contribution in [-0.4, -0.2) is 19.6 Å². The summed E-state index contributed by atoms with van der Waals surface area (Å²) in [5.74, 6) is 1.28. The lowest BCUT2D eigenvalue weighted by Crippen LogP contribution is -2.19. The fraction of sp³-hybridized carbons (Fsp3) is 0.500. The van der Waals surface area contributed by atoms with Crippen LogP contribution in [-0.2, 0) is 0 Å². The van der Waals surface area contributed by atoms with Crippen LogP contribution in [0.15, 0.2) is 36.4 Å². The molecule has 0 saturated heterocycles. The number of alkyl halides is 3. The fourth-order valence-corrected chi connectivity index (χ4v) is 2.51. The van der Waals surface area contributed by atoms with Gasteiger partial charge in [0.15, 0.2) is 11.5 Å². The number of benzene rings is 1. The summed E-state index contributed by atoms with van der Waals surface area (Å²) < 4.78 is 53.7. The van der Waals surface area contributed by atoms with Crippen LogP contribution in [0.5, 0.6) is 17.2 Å². The first-order chi connectivity index (χ1) is 12.4. The molecular formula is C20H23F3O3. The van der Waals surface area contributed by atoms with Crippen molar-refractivity contribution in [3.8, 4) is 17.2 Å². The van der Waals surface area contributed by atoms with E-state index >= 15 is 0 Å². The standard InChI is InChI=1S/C20H23F3O3/c1-14-17(24-12-2-4-15-6-7-15)10-11-18(19(14)26-20(21,22)23)25-13-3-5-16-8-9-16/h2-5,10-11,15-16H,6-9,12-13H2,1H3/b4-2+,5-3+. The Labute approximate surface area is 151 Å². The van der Waals surface area contributed by atoms with Gasteiger partial charge in [-0.1, -0.05) is 24.3 Å². The van der Waals surface area contributed by atoms with Gasteiger partial charge < -0.3 is 14.2 Å². The smallest absolute Gasteiger partial charge is 0.489 e. The number of allylic oxidation sites excluding steroid dienone is 2. The Kier molecular flexibility index (Phi) is 5.79. The van der Waals surface area contributed by atoms with Crippen LogP contribution in [0.2, 0.25) is 0 Å². The van der Waals surface area contributed by atoms with Gasteiger partial charge in [-0.3, -0.25) is 0 Å². The second-order valence-electron chi connectivity index (χ2n) is 6.72. The van der Waals surface area contributed by atoms with E-state index in [9.17, 15) is 13.2 Å². The van der Waals surface area contributed by atoms with Crippen molar-refractivity contribution in [2.24, 2.45) is 11.8 Å². The summed E-state index contributed by atoms with van der Waals surface area (Å²) in [6, 6.07) is 3.07. The van der Waals surface area contributed by atoms with Crippen LogP contribution < -0.4 is 14.2 Å². The van der Waals surface area contributed by atoms with E-state index in [0.29, 0.717) is 24.2 Å². The van der Waals surface area contributed by atoms with Gasteiger partial charge in [-0.15, -0.1) is 13.2 Å². The third-order valence-electron chi connectivity index (χ3n) is 4.27. The van der Waals surface area contributed by atoms with Gasteiger partial charge in [0.2, 0.25) is 0 Å². The van der Waals surface area contributed by atoms with E-state index in [1.165, 1.54) is 38.7 Å². The molecule has 0 radical (unpaired) electrons. The molecule has 0 aliphatic heterocycles. The van der Waals surface area contributed by atoms with Crippen molar-refractivity contribution in [3.63, 3.8) is 0 Å². The number of halogens is 3. The highest BCUT2D eigenvalue weighted by Gasteiger charge is 2.34. The molecule has 142 valence electrons. The Bertz CT molecular complexity index is 672. The second-order valence-corrected chi connectivity index (χ2v) is 6.72. The molecule has 0 atom stereocenters. The summed E-state index contributed by atoms with van der Waals surface area (Å²) >= 11 is 0. The van der Waals surface area contributed by atoms with E-state index < -0.39 is 6.36 Å². The third-order valence-corrected chi connectivity index (χ3v) is 4.27. The molecule has 0 heterocycles. The van der Waals surface area contributed by atoms with Gasteiger partial charge >= 0.3 is 6.36 Å². The Balaban J connectivity index is 1.68. The zero-order valence-electron chi connectivity index (χ0n) is 14.7. The van der Waals surface area contributed by atoms with Crippen molar-refractivity contribution >= 4 is 0 Å². The maximum absolute atomic E-state index is 12.8. The van der Waals surface area contributed by atoms with Crippen molar-refractivity contribution in [1.29, 1.82) is 0 Å². The van der Waals surface area contributed by atoms with Crippen molar-refractivity contribution < 1.29 is 27.4 Å². The minimum Gasteiger partial charge on any atom is -0.489 e. The van der Waals surface area contributed by atoms with Crippen molar-refractivity contribution in [3.05, 3.63) is 42.0 Å². The highest BCUT2D eigenvalue weighted by Crippen LogP contribution is 2.40. The minimum absolute atomic E-state index is 0.0566. The predicted octanol–water partition coefficient (Wildman–Crippen LogP) is 5.58. The molecule has 3 rings (SSSR count). The first-order valence-electron chi connectivity index (χ1n) is 8.90. The normalized spacial score (nSPS) is 17.8. The largest absolute Gasteiger partial charge is 0.573 e. The fourth-order valence-electron chi connectivity index (χ4n) is 2.51. The first-order valence-corrected chi connectivity index (χ1v) is 8.90. The van der Waals surface area contributed by atoms with E-state index in [4.69, 9.17) is 9.47 Å². The average Bonchev–Trinajstić information content (AvgIpc) is 3.46. The molecule has 26 heavy (non-hydrogen) atoms. The summed E-state index contributed by atoms with van der Waals surface area (Å²) in [5.41, 5.74) is 0.269. The van der Waals surface area contributed by atoms with E-state index in [1.807, 2.05) is 18.2 Å². The summed E-state index contributed by atoms with van der Waals surface area (Å²) in [5, 5.41) is 0. The van der Waals surface area contributed by atoms with Gasteiger partial charge in [-0.2, -0.15) is 0 Å². The third kappa shape index (κ3) is 6.00. The lowest BCUT2D eigenvalue weighted by atomic mass is 10.2. The van der Waals surface area contributed by atoms with Gasteiger partial charge in [-0.25, -0.2) is 0 Å². The van der Waals surface area contributed by atoms with Gasteiger partial charge in [0.05, 0.1) is 0 Å². The Hall–Kier alpha value is -2.11. The summed E-state index contributed by atoms with van der Waals surface area (Å²) in [4.78, 5) is 0. The number of hydrogen-bond donors (Lipinski definition) is 0. The van der Waals surface area contributed by atoms with E-state index in [-0.39, 0.29) is 23.7 Å². The van der Waals surface area contributed by atoms with Crippen molar-refractivity contribution in [2.45, 2.75) is 39.0 Å². The molecule has 6 heteroatoms. The molecule has 0 N–H and O–H groups in total. The van der Waals surface area contributed by atoms with Crippen LogP contribution in [0.4, 0.5) is 13.2 Å². The molecule has 3 nitrogen and oxygen atoms in total. The Morgan fingerprint density at radius 2 is 1.42 bits per heavy atom. The molecule has 2 saturated carbocycles. The van der Waals surface area contributed by atoms with E-state index in [1.54, 1.807) is 6.07 Å². The SMILES string of the molecule is Cc1c(OC/C=C/C2CC2)ccc(OC/C=C/C2CC2)c1OC(F)(F)F. The molecule has 0 amide bonds. The van der Waals surface area contributed by atoms with Crippen LogP contribution in [0.1, 0.15) is 31.2 Å². The van der Waals surface area contributed by atoms with Gasteiger partial charge in [0.1, 0.15) is 19.0 Å². The molecule has 0 bridgehead atoms. The Morgan fingerprint density at radius 1 is 0.923 bits per heavy atom. The highest BCUT2D eigenvalue weighted by molar-refractivity contribution is 5.53. The topological polar surface area (TPSA) is 27.7 Å². The van der Waals surface area contributed by atoms with Gasteiger partial charge in [0.25, 0.3) is 0 Å². The Morgan fingerprint density at radius 3 is 1.92 bits per heavy atom. The van der Waals surface area contributed by atoms with Gasteiger partial charge in [-0.05, 0) is 56.6 Å². The summed E-state index contributed by atoms with van der Waals surface area (Å²) in [6.07, 6.45) is 7.76. The molecule has 2 aliphatic rings. The minimum atomic E-state index is -4.79. The molecule has 2 aliphatic carbocycles. The monoisotopic (exact) mass is 368 g/mol. The predicted molar refractivity (Wildman–Crippen MR) is 92.6 cm³/mol. The van der Waals surface area contributed by atoms with Crippen LogP contribution >= 0.6 is 0 Å². The van der Waals surface area contributed by atoms with Crippen molar-refractivity contribution in [2.75, 3.05) is 13.2 Å². The number of ether oxygens (including phenoxy) is 3. The summed E-state index contributed by atoms with van der Waals surface area (Å²) in [6.45, 7) is 2.05. The lowest BCUT2D eigenvalue weighted by molar-refractivity contribution is -0.275. The number of hydrogen-bond acceptors (Lipinski definition) is 3. The molecule has 1 aromatic rings. The molecule has 2 fully saturated rings. The molecule has 1 aromatic carbocycles. The van der Waals surface area contributed by atoms with E-state index in [0.717, 1.165) is 0 Å². The zero-order valence-corrected chi connectivity index (χ0v) is 14.7. The molecule has 0 spiro atoms. The van der Waals surface area contributed by atoms with Crippen molar-refractivity contribution in [1.82, 2.24) is 0 Å². The average molecular weight is 368 g/mol. The molecular weight excluding hydrogens is 345 g/mol. The van der Waals surface area contributed by atoms with Crippen LogP contribution in [0.25, 0.3) is 0 Å². The second kappa shape index (κ2) is 8.06. The van der Waals surface area contributed by atoms with Crippen LogP contribution in [0.3, 0.4) is 0 Å². The quantitative estimate of drug-likeness (QED) is 0.532. The van der Waals surface area contributed by atoms with Gasteiger partial charge in [0, 0.05) is 5.56 Å². The molecule has 0 unspecified atom stereocenters. The maximum atomic E-state index is 12.8. The first kappa shape index (κ1) is 18.7. The summed E-state index contributed by atoms with van der Waals surface area (Å²) in [7, 11) is 0. The lowest BCUT2D eigenvalue weighted by Gasteiger charge is -2.18. The molecule has 0 aromatic heterocycles. The maximum Gasteiger partial charge on any atom is 0.573 e. The van der Waals surface area contributed by atoms with Crippen LogP contribution in [0, 0.1) is 18.8 Å². The van der Waals surface area contributed by atoms with E-state index in [2.05, 4.69) is 10.8 Å². The number of rotatable bonds is 9. The highest BCUT2D eigenvalue weighted by atomic mass is 19.4. The zero-order chi connectivity index (χ0) is 18.6.